The molecule has 0 saturated heterocycles. The van der Waals surface area contributed by atoms with Gasteiger partial charge in [-0.15, -0.1) is 0 Å². The van der Waals surface area contributed by atoms with Gasteiger partial charge >= 0.3 is 5.97 Å². The molecule has 0 aliphatic heterocycles. The Balaban J connectivity index is 2.18. The van der Waals surface area contributed by atoms with E-state index in [1.165, 1.54) is 14.2 Å². The summed E-state index contributed by atoms with van der Waals surface area (Å²) in [6.45, 7) is 1.63. The van der Waals surface area contributed by atoms with Gasteiger partial charge < -0.3 is 12.5 Å². The van der Waals surface area contributed by atoms with Gasteiger partial charge in [0.25, 0.3) is 0 Å². The molecule has 144 valence electrons. The first-order valence-corrected chi connectivity index (χ1v) is 9.31. The van der Waals surface area contributed by atoms with Crippen LogP contribution in [0.25, 0.3) is 0 Å². The van der Waals surface area contributed by atoms with Crippen molar-refractivity contribution in [3.63, 3.8) is 0 Å². The highest BCUT2D eigenvalue weighted by atomic mass is 127. The smallest absolute Gasteiger partial charge is 0.315 e. The van der Waals surface area contributed by atoms with Crippen LogP contribution >= 0.6 is 23.0 Å². The van der Waals surface area contributed by atoms with E-state index in [2.05, 4.69) is 3.07 Å². The highest BCUT2D eigenvalue weighted by Crippen LogP contribution is 2.28. The van der Waals surface area contributed by atoms with Gasteiger partial charge in [0, 0.05) is 24.0 Å². The van der Waals surface area contributed by atoms with Crippen LogP contribution in [0, 0.1) is 0 Å². The van der Waals surface area contributed by atoms with E-state index in [0.29, 0.717) is 30.4 Å². The number of Topliss-reactive ketones (excluding diaryl/α,β-unsaturated/α-hetero) is 2. The van der Waals surface area contributed by atoms with Crippen molar-refractivity contribution < 1.29 is 26.9 Å². The number of hydrogen-bond donors (Lipinski definition) is 0. The molecule has 0 bridgehead atoms. The van der Waals surface area contributed by atoms with Gasteiger partial charge in [-0.2, -0.15) is 0 Å². The van der Waals surface area contributed by atoms with E-state index in [4.69, 9.17) is 9.47 Å². The summed E-state index contributed by atoms with van der Waals surface area (Å²) in [4.78, 5) is 36.4. The monoisotopic (exact) mass is 484 g/mol. The highest BCUT2D eigenvalue weighted by molar-refractivity contribution is 14.1. The molecule has 0 fully saturated rings. The molecule has 6 nitrogen and oxygen atoms in total. The minimum Gasteiger partial charge on any atom is -0.489 e. The zero-order valence-corrected chi connectivity index (χ0v) is 17.6. The number of ketones is 2. The SMILES string of the molecule is COC1=C(OC)C(=O)C(Cc2cccc(CCCC(=O)OI)c2)=C(C)C1=O. The number of carbonyl (C=O) groups excluding carboxylic acids is 3. The standard InChI is InChI=1S/C20H21IO6/c1-12-15(18(24)20(26-3)19(25-2)17(12)23)11-14-8-4-6-13(10-14)7-5-9-16(22)27-21/h4,6,8,10H,5,7,9,11H2,1-3H3. The first-order chi connectivity index (χ1) is 12.9. The number of hydrogen-bond acceptors (Lipinski definition) is 6. The van der Waals surface area contributed by atoms with Crippen LogP contribution in [0.4, 0.5) is 0 Å². The van der Waals surface area contributed by atoms with Crippen molar-refractivity contribution in [3.8, 4) is 0 Å². The average Bonchev–Trinajstić information content (AvgIpc) is 2.68. The van der Waals surface area contributed by atoms with Crippen molar-refractivity contribution in [1.82, 2.24) is 0 Å². The molecule has 0 heterocycles. The average molecular weight is 484 g/mol. The number of methoxy groups -OCH3 is 2. The van der Waals surface area contributed by atoms with E-state index in [0.717, 1.165) is 17.5 Å². The lowest BCUT2D eigenvalue weighted by molar-refractivity contribution is -0.131. The van der Waals surface area contributed by atoms with E-state index in [1.54, 1.807) is 29.9 Å². The van der Waals surface area contributed by atoms with Crippen LogP contribution in [0.5, 0.6) is 0 Å². The van der Waals surface area contributed by atoms with E-state index in [-0.39, 0.29) is 29.1 Å². The maximum absolute atomic E-state index is 12.7. The van der Waals surface area contributed by atoms with E-state index in [1.807, 2.05) is 24.3 Å². The Bertz CT molecular complexity index is 822. The summed E-state index contributed by atoms with van der Waals surface area (Å²) in [5.41, 5.74) is 2.74. The Morgan fingerprint density at radius 2 is 1.67 bits per heavy atom. The van der Waals surface area contributed by atoms with Crippen LogP contribution in [-0.4, -0.2) is 31.8 Å². The summed E-state index contributed by atoms with van der Waals surface area (Å²) in [6, 6.07) is 7.76. The summed E-state index contributed by atoms with van der Waals surface area (Å²) in [6.07, 6.45) is 2.08. The summed E-state index contributed by atoms with van der Waals surface area (Å²) in [5.74, 6) is -1.03. The molecular formula is C20H21IO6. The molecule has 0 N–H and O–H groups in total. The van der Waals surface area contributed by atoms with Crippen molar-refractivity contribution in [3.05, 3.63) is 58.1 Å². The molecule has 1 aromatic rings. The fourth-order valence-electron chi connectivity index (χ4n) is 2.98. The molecule has 0 atom stereocenters. The maximum atomic E-state index is 12.7. The number of carbonyl (C=O) groups is 3. The molecule has 1 aliphatic rings. The Hall–Kier alpha value is -2.16. The number of allylic oxidation sites excluding steroid dienone is 2. The number of benzene rings is 1. The van der Waals surface area contributed by atoms with Crippen molar-refractivity contribution in [1.29, 1.82) is 0 Å². The minimum absolute atomic E-state index is 0.0559. The highest BCUT2D eigenvalue weighted by Gasteiger charge is 2.34. The molecule has 0 spiro atoms. The van der Waals surface area contributed by atoms with Crippen molar-refractivity contribution in [2.75, 3.05) is 14.2 Å². The Morgan fingerprint density at radius 1 is 1.04 bits per heavy atom. The van der Waals surface area contributed by atoms with E-state index in [9.17, 15) is 14.4 Å². The van der Waals surface area contributed by atoms with Gasteiger partial charge in [0.2, 0.25) is 23.1 Å². The molecule has 1 aromatic carbocycles. The van der Waals surface area contributed by atoms with Gasteiger partial charge in [-0.05, 0) is 30.9 Å². The van der Waals surface area contributed by atoms with Crippen molar-refractivity contribution >= 4 is 40.5 Å². The Morgan fingerprint density at radius 3 is 2.30 bits per heavy atom. The second-order valence-corrected chi connectivity index (χ2v) is 6.57. The molecule has 0 radical (unpaired) electrons. The molecule has 1 aliphatic carbocycles. The van der Waals surface area contributed by atoms with Crippen LogP contribution in [0.15, 0.2) is 46.9 Å². The van der Waals surface area contributed by atoms with Gasteiger partial charge in [-0.1, -0.05) is 24.3 Å². The Labute approximate surface area is 172 Å². The summed E-state index contributed by atoms with van der Waals surface area (Å²) in [7, 11) is 2.69. The lowest BCUT2D eigenvalue weighted by Crippen LogP contribution is -2.26. The summed E-state index contributed by atoms with van der Waals surface area (Å²) in [5, 5.41) is 0. The molecule has 7 heteroatoms. The topological polar surface area (TPSA) is 78.9 Å². The molecule has 27 heavy (non-hydrogen) atoms. The molecular weight excluding hydrogens is 463 g/mol. The maximum Gasteiger partial charge on any atom is 0.315 e. The lowest BCUT2D eigenvalue weighted by Gasteiger charge is -2.20. The fraction of sp³-hybridized carbons (Fsp3) is 0.350. The predicted molar refractivity (Wildman–Crippen MR) is 107 cm³/mol. The van der Waals surface area contributed by atoms with Gasteiger partial charge in [0.05, 0.1) is 14.2 Å². The predicted octanol–water partition coefficient (Wildman–Crippen LogP) is 3.42. The molecule has 2 rings (SSSR count). The first-order valence-electron chi connectivity index (χ1n) is 8.43. The van der Waals surface area contributed by atoms with Crippen molar-refractivity contribution in [2.24, 2.45) is 0 Å². The summed E-state index contributed by atoms with van der Waals surface area (Å²) < 4.78 is 14.8. The Kier molecular flexibility index (Phi) is 7.58. The second-order valence-electron chi connectivity index (χ2n) is 6.13. The van der Waals surface area contributed by atoms with Crippen LogP contribution in [-0.2, 0) is 39.8 Å². The number of aryl methyl sites for hydroxylation is 1. The minimum atomic E-state index is -0.336. The summed E-state index contributed by atoms with van der Waals surface area (Å²) >= 11 is 1.58. The zero-order valence-electron chi connectivity index (χ0n) is 15.5. The van der Waals surface area contributed by atoms with E-state index >= 15 is 0 Å². The van der Waals surface area contributed by atoms with Crippen LogP contribution < -0.4 is 0 Å². The third-order valence-electron chi connectivity index (χ3n) is 4.40. The molecule has 0 amide bonds. The van der Waals surface area contributed by atoms with E-state index < -0.39 is 0 Å². The van der Waals surface area contributed by atoms with Gasteiger partial charge in [0.15, 0.2) is 23.0 Å². The van der Waals surface area contributed by atoms with Gasteiger partial charge in [-0.25, -0.2) is 0 Å². The van der Waals surface area contributed by atoms with Crippen LogP contribution in [0.1, 0.15) is 30.9 Å². The molecule has 0 saturated carbocycles. The van der Waals surface area contributed by atoms with Crippen LogP contribution in [0.3, 0.4) is 0 Å². The number of halogens is 1. The third-order valence-corrected chi connectivity index (χ3v) is 4.89. The van der Waals surface area contributed by atoms with Gasteiger partial charge in [-0.3, -0.25) is 14.4 Å². The largest absolute Gasteiger partial charge is 0.489 e. The quantitative estimate of drug-likeness (QED) is 0.416. The van der Waals surface area contributed by atoms with Crippen molar-refractivity contribution in [2.45, 2.75) is 32.6 Å². The lowest BCUT2D eigenvalue weighted by atomic mass is 9.88. The molecule has 0 aromatic heterocycles. The molecule has 0 unspecified atom stereocenters. The first kappa shape index (κ1) is 21.1. The fourth-order valence-corrected chi connectivity index (χ4v) is 3.20. The van der Waals surface area contributed by atoms with Gasteiger partial charge in [0.1, 0.15) is 0 Å². The number of ether oxygens (including phenoxy) is 2. The second kappa shape index (κ2) is 9.68. The number of rotatable bonds is 8. The zero-order chi connectivity index (χ0) is 20.0. The van der Waals surface area contributed by atoms with Crippen LogP contribution in [0.2, 0.25) is 0 Å². The normalized spacial score (nSPS) is 14.5. The third kappa shape index (κ3) is 4.97.